The van der Waals surface area contributed by atoms with Crippen LogP contribution < -0.4 is 9.80 Å². The molecule has 13 aromatic carbocycles. The Labute approximate surface area is 482 Å². The van der Waals surface area contributed by atoms with E-state index >= 15 is 0 Å². The van der Waals surface area contributed by atoms with E-state index in [1.54, 1.807) is 0 Å². The van der Waals surface area contributed by atoms with Crippen molar-refractivity contribution in [2.75, 3.05) is 9.80 Å². The predicted octanol–water partition coefficient (Wildman–Crippen LogP) is 21.9. The van der Waals surface area contributed by atoms with Crippen LogP contribution in [0.2, 0.25) is 0 Å². The Morgan fingerprint density at radius 2 is 0.607 bits per heavy atom. The normalized spacial score (nSPS) is 12.5. The molecule has 1 aliphatic rings. The molecule has 1 aliphatic heterocycles. The van der Waals surface area contributed by atoms with Gasteiger partial charge >= 0.3 is 0 Å². The molecule has 17 aromatic rings. The monoisotopic (exact) mass is 1070 g/mol. The zero-order valence-electron chi connectivity index (χ0n) is 45.3. The van der Waals surface area contributed by atoms with Gasteiger partial charge in [0.05, 0.1) is 44.8 Å². The van der Waals surface area contributed by atoms with Crippen LogP contribution in [0.4, 0.5) is 34.1 Å². The molecular weight excluding hydrogens is 1020 g/mol. The summed E-state index contributed by atoms with van der Waals surface area (Å²) in [6.45, 7) is 0. The molecule has 0 saturated carbocycles. The van der Waals surface area contributed by atoms with E-state index in [1.165, 1.54) is 49.4 Å². The minimum atomic E-state index is 0.847. The van der Waals surface area contributed by atoms with Crippen LogP contribution in [0.15, 0.2) is 300 Å². The summed E-state index contributed by atoms with van der Waals surface area (Å²) in [4.78, 5) is 4.92. The van der Waals surface area contributed by atoms with Crippen LogP contribution >= 0.6 is 0 Å². The molecule has 6 nitrogen and oxygen atoms in total. The number of fused-ring (bicyclic) bond motifs is 14. The topological polar surface area (TPSA) is 42.6 Å². The van der Waals surface area contributed by atoms with Gasteiger partial charge in [-0.3, -0.25) is 0 Å². The van der Waals surface area contributed by atoms with Crippen molar-refractivity contribution in [3.63, 3.8) is 0 Å². The number of rotatable bonds is 7. The number of hydrogen-bond donors (Lipinski definition) is 0. The van der Waals surface area contributed by atoms with Crippen molar-refractivity contribution in [2.45, 2.75) is 0 Å². The SMILES string of the molecule is c1ccc(-c2cccc(-c3ccccc3)c2-c2ccc3c(c2)c2ccccc2n3-c2ccc3c(c2)N(c2ccc4oc5ccccc5c4c2)c2cc(-n4c5ccccc5c5ccccc54)ccc2N3c2ccc3oc4ccccc4c3c2)cc1. The van der Waals surface area contributed by atoms with E-state index in [0.29, 0.717) is 0 Å². The average Bonchev–Trinajstić information content (AvgIpc) is 1.70. The van der Waals surface area contributed by atoms with Gasteiger partial charge in [-0.2, -0.15) is 0 Å². The fourth-order valence-corrected chi connectivity index (χ4v) is 13.7. The number of para-hydroxylation sites is 5. The van der Waals surface area contributed by atoms with Gasteiger partial charge in [0, 0.05) is 65.8 Å². The van der Waals surface area contributed by atoms with Gasteiger partial charge in [-0.05, 0) is 149 Å². The van der Waals surface area contributed by atoms with E-state index in [2.05, 4.69) is 298 Å². The van der Waals surface area contributed by atoms with E-state index in [1.807, 2.05) is 12.1 Å². The number of benzene rings is 13. The van der Waals surface area contributed by atoms with Crippen LogP contribution in [0.3, 0.4) is 0 Å². The summed E-state index contributed by atoms with van der Waals surface area (Å²) < 4.78 is 17.9. The summed E-state index contributed by atoms with van der Waals surface area (Å²) in [5.41, 5.74) is 23.4. The lowest BCUT2D eigenvalue weighted by atomic mass is 9.87. The molecule has 5 heterocycles. The van der Waals surface area contributed by atoms with Crippen LogP contribution in [-0.4, -0.2) is 9.13 Å². The van der Waals surface area contributed by atoms with E-state index in [-0.39, 0.29) is 0 Å². The highest BCUT2D eigenvalue weighted by Gasteiger charge is 2.33. The number of aromatic nitrogens is 2. The largest absolute Gasteiger partial charge is 0.456 e. The smallest absolute Gasteiger partial charge is 0.135 e. The first-order valence-corrected chi connectivity index (χ1v) is 28.6. The third-order valence-corrected chi connectivity index (χ3v) is 17.4. The van der Waals surface area contributed by atoms with E-state index in [4.69, 9.17) is 8.83 Å². The average molecular weight is 1070 g/mol. The molecule has 392 valence electrons. The summed E-state index contributed by atoms with van der Waals surface area (Å²) in [7, 11) is 0. The Morgan fingerprint density at radius 1 is 0.214 bits per heavy atom. The highest BCUT2D eigenvalue weighted by atomic mass is 16.3. The van der Waals surface area contributed by atoms with Crippen LogP contribution in [0, 0.1) is 0 Å². The highest BCUT2D eigenvalue weighted by Crippen LogP contribution is 2.57. The van der Waals surface area contributed by atoms with Gasteiger partial charge in [-0.1, -0.05) is 176 Å². The van der Waals surface area contributed by atoms with Gasteiger partial charge in [-0.15, -0.1) is 0 Å². The van der Waals surface area contributed by atoms with E-state index < -0.39 is 0 Å². The molecule has 0 bridgehead atoms. The van der Waals surface area contributed by atoms with Gasteiger partial charge in [-0.25, -0.2) is 0 Å². The lowest BCUT2D eigenvalue weighted by Crippen LogP contribution is -2.24. The van der Waals surface area contributed by atoms with Gasteiger partial charge in [0.15, 0.2) is 0 Å². The molecule has 0 N–H and O–H groups in total. The zero-order valence-corrected chi connectivity index (χ0v) is 45.3. The third-order valence-electron chi connectivity index (χ3n) is 17.4. The van der Waals surface area contributed by atoms with Crippen molar-refractivity contribution in [2.24, 2.45) is 0 Å². The molecule has 0 aliphatic carbocycles. The van der Waals surface area contributed by atoms with Crippen LogP contribution in [0.25, 0.3) is 132 Å². The lowest BCUT2D eigenvalue weighted by molar-refractivity contribution is 0.668. The Morgan fingerprint density at radius 3 is 1.11 bits per heavy atom. The molecule has 0 radical (unpaired) electrons. The molecule has 0 spiro atoms. The lowest BCUT2D eigenvalue weighted by Gasteiger charge is -2.41. The molecule has 0 amide bonds. The zero-order chi connectivity index (χ0) is 55.0. The number of nitrogens with zero attached hydrogens (tertiary/aromatic N) is 4. The summed E-state index contributed by atoms with van der Waals surface area (Å²) in [5.74, 6) is 0. The second-order valence-corrected chi connectivity index (χ2v) is 22.0. The second kappa shape index (κ2) is 18.1. The molecule has 84 heavy (non-hydrogen) atoms. The van der Waals surface area contributed by atoms with E-state index in [0.717, 1.165) is 117 Å². The van der Waals surface area contributed by atoms with Crippen molar-refractivity contribution < 1.29 is 8.83 Å². The third kappa shape index (κ3) is 6.92. The Hall–Kier alpha value is -11.3. The van der Waals surface area contributed by atoms with Gasteiger partial charge in [0.2, 0.25) is 0 Å². The summed E-state index contributed by atoms with van der Waals surface area (Å²) in [5, 5.41) is 9.08. The quantitative estimate of drug-likeness (QED) is 0.160. The van der Waals surface area contributed by atoms with Crippen molar-refractivity contribution in [1.29, 1.82) is 0 Å². The minimum absolute atomic E-state index is 0.847. The first-order chi connectivity index (χ1) is 41.7. The van der Waals surface area contributed by atoms with Crippen molar-refractivity contribution in [1.82, 2.24) is 9.13 Å². The van der Waals surface area contributed by atoms with Gasteiger partial charge in [0.1, 0.15) is 22.3 Å². The first-order valence-electron chi connectivity index (χ1n) is 28.6. The molecule has 0 fully saturated rings. The highest BCUT2D eigenvalue weighted by molar-refractivity contribution is 6.15. The molecule has 4 aromatic heterocycles. The van der Waals surface area contributed by atoms with E-state index in [9.17, 15) is 0 Å². The van der Waals surface area contributed by atoms with Crippen molar-refractivity contribution in [3.05, 3.63) is 291 Å². The minimum Gasteiger partial charge on any atom is -0.456 e. The predicted molar refractivity (Wildman–Crippen MR) is 349 cm³/mol. The van der Waals surface area contributed by atoms with Crippen LogP contribution in [-0.2, 0) is 0 Å². The second-order valence-electron chi connectivity index (χ2n) is 22.0. The fourth-order valence-electron chi connectivity index (χ4n) is 13.7. The Kier molecular flexibility index (Phi) is 9.99. The summed E-state index contributed by atoms with van der Waals surface area (Å²) in [6.07, 6.45) is 0. The number of furan rings is 2. The van der Waals surface area contributed by atoms with Gasteiger partial charge < -0.3 is 27.8 Å². The standard InChI is InChI=1S/C78H48N4O2/c1-3-18-49(19-4-1)56-27-17-28-57(50-20-5-2-6-21-50)78(56)51-34-39-69-63(44-51)60-24-9-14-31-68(60)80(69)55-36-41-71-73(48-55)82(53-38-43-77-65(46-53)62-26-11-16-33-75(62)84-77)72-47-54(79-66-29-12-7-22-58(66)59-23-8-13-30-67(59)79)35-40-70(72)81(71)52-37-42-76-64(45-52)61-25-10-15-32-74(61)83-76/h1-48H. The molecule has 0 saturated heterocycles. The maximum atomic E-state index is 6.52. The summed E-state index contributed by atoms with van der Waals surface area (Å²) >= 11 is 0. The van der Waals surface area contributed by atoms with Gasteiger partial charge in [0.25, 0.3) is 0 Å². The molecule has 0 atom stereocenters. The Bertz CT molecular complexity index is 5420. The van der Waals surface area contributed by atoms with Crippen molar-refractivity contribution >= 4 is 122 Å². The molecular formula is C78H48N4O2. The number of anilines is 6. The summed E-state index contributed by atoms with van der Waals surface area (Å²) in [6, 6.07) is 106. The molecule has 18 rings (SSSR count). The van der Waals surface area contributed by atoms with Crippen molar-refractivity contribution in [3.8, 4) is 44.8 Å². The maximum absolute atomic E-state index is 6.52. The fraction of sp³-hybridized carbons (Fsp3) is 0. The number of hydrogen-bond acceptors (Lipinski definition) is 4. The molecule has 6 heteroatoms. The first kappa shape index (κ1) is 46.4. The molecule has 0 unspecified atom stereocenters. The Balaban J connectivity index is 0.903. The van der Waals surface area contributed by atoms with Crippen LogP contribution in [0.1, 0.15) is 0 Å². The maximum Gasteiger partial charge on any atom is 0.135 e. The van der Waals surface area contributed by atoms with Crippen LogP contribution in [0.5, 0.6) is 0 Å².